The number of anilines is 1. The molecule has 3 N–H and O–H groups in total. The van der Waals surface area contributed by atoms with Crippen LogP contribution in [0.25, 0.3) is 0 Å². The molecule has 1 fully saturated rings. The Hall–Kier alpha value is -1.69. The fourth-order valence-corrected chi connectivity index (χ4v) is 2.04. The molecule has 92 valence electrons. The minimum atomic E-state index is -0.279. The highest BCUT2D eigenvalue weighted by atomic mass is 16.2. The third-order valence-corrected chi connectivity index (χ3v) is 3.05. The number of carbonyl (C=O) groups is 1. The minimum absolute atomic E-state index is 0.00461. The number of hydrogen-bond donors (Lipinski definition) is 3. The van der Waals surface area contributed by atoms with Gasteiger partial charge < -0.3 is 10.6 Å². The summed E-state index contributed by atoms with van der Waals surface area (Å²) >= 11 is 0. The van der Waals surface area contributed by atoms with Crippen molar-refractivity contribution in [3.8, 4) is 0 Å². The van der Waals surface area contributed by atoms with Crippen LogP contribution in [-0.2, 0) is 4.79 Å². The zero-order valence-electron chi connectivity index (χ0n) is 9.69. The first-order chi connectivity index (χ1) is 8.16. The van der Waals surface area contributed by atoms with Crippen molar-refractivity contribution < 1.29 is 4.79 Å². The molecule has 1 saturated heterocycles. The number of nitrogens with one attached hydrogen (secondary N) is 3. The summed E-state index contributed by atoms with van der Waals surface area (Å²) in [5, 5.41) is 12.0. The van der Waals surface area contributed by atoms with Crippen LogP contribution in [-0.4, -0.2) is 29.2 Å². The summed E-state index contributed by atoms with van der Waals surface area (Å²) in [5.74, 6) is 0.676. The summed E-state index contributed by atoms with van der Waals surface area (Å²) in [4.78, 5) is 22.8. The lowest BCUT2D eigenvalue weighted by Gasteiger charge is -2.28. The van der Waals surface area contributed by atoms with Gasteiger partial charge in [-0.15, -0.1) is 0 Å². The van der Waals surface area contributed by atoms with Crippen LogP contribution < -0.4 is 16.2 Å². The molecular formula is C11H16N4O2. The molecule has 1 aromatic heterocycles. The van der Waals surface area contributed by atoms with Gasteiger partial charge in [0.1, 0.15) is 0 Å². The van der Waals surface area contributed by atoms with E-state index in [-0.39, 0.29) is 17.4 Å². The Labute approximate surface area is 98.8 Å². The lowest BCUT2D eigenvalue weighted by atomic mass is 9.87. The summed E-state index contributed by atoms with van der Waals surface area (Å²) in [6.07, 6.45) is 0.830. The van der Waals surface area contributed by atoms with Gasteiger partial charge in [0, 0.05) is 12.0 Å². The van der Waals surface area contributed by atoms with Gasteiger partial charge in [-0.2, -0.15) is 5.10 Å². The fraction of sp³-hybridized carbons (Fsp3) is 0.545. The van der Waals surface area contributed by atoms with E-state index in [0.717, 1.165) is 19.5 Å². The molecule has 17 heavy (non-hydrogen) atoms. The second kappa shape index (κ2) is 5.09. The molecule has 0 saturated carbocycles. The van der Waals surface area contributed by atoms with Crippen LogP contribution in [0.3, 0.4) is 0 Å². The molecule has 0 radical (unpaired) electrons. The van der Waals surface area contributed by atoms with Crippen LogP contribution in [0.2, 0.25) is 0 Å². The molecule has 0 aromatic carbocycles. The summed E-state index contributed by atoms with van der Waals surface area (Å²) in [6, 6.07) is 2.84. The number of aromatic amines is 1. The van der Waals surface area contributed by atoms with Crippen LogP contribution in [0, 0.1) is 11.8 Å². The Bertz CT molecular complexity index is 437. The van der Waals surface area contributed by atoms with Crippen molar-refractivity contribution in [2.45, 2.75) is 13.3 Å². The maximum absolute atomic E-state index is 12.0. The van der Waals surface area contributed by atoms with Gasteiger partial charge in [-0.25, -0.2) is 5.10 Å². The number of hydrogen-bond acceptors (Lipinski definition) is 4. The van der Waals surface area contributed by atoms with E-state index < -0.39 is 0 Å². The first kappa shape index (κ1) is 11.8. The molecule has 6 heteroatoms. The van der Waals surface area contributed by atoms with E-state index in [1.54, 1.807) is 0 Å². The second-order valence-electron chi connectivity index (χ2n) is 4.37. The summed E-state index contributed by atoms with van der Waals surface area (Å²) in [6.45, 7) is 3.77. The normalized spacial score (nSPS) is 24.3. The average Bonchev–Trinajstić information content (AvgIpc) is 2.32. The molecular weight excluding hydrogens is 220 g/mol. The van der Waals surface area contributed by atoms with Crippen LogP contribution in [0.15, 0.2) is 16.9 Å². The number of carbonyl (C=O) groups excluding carboxylic acids is 1. The third kappa shape index (κ3) is 2.91. The lowest BCUT2D eigenvalue weighted by Crippen LogP contribution is -2.41. The number of piperidine rings is 1. The minimum Gasteiger partial charge on any atom is -0.316 e. The zero-order valence-corrected chi connectivity index (χ0v) is 9.69. The Balaban J connectivity index is 2.00. The zero-order chi connectivity index (χ0) is 12.3. The van der Waals surface area contributed by atoms with Crippen molar-refractivity contribution in [2.75, 3.05) is 18.4 Å². The third-order valence-electron chi connectivity index (χ3n) is 3.05. The standard InChI is InChI=1S/C11H16N4O2/c1-7-6-12-5-4-8(7)11(17)13-9-2-3-10(16)15-14-9/h2-3,7-8,12H,4-6H2,1H3,(H,15,16)(H,13,14,17). The van der Waals surface area contributed by atoms with Crippen LogP contribution in [0.5, 0.6) is 0 Å². The number of nitrogens with zero attached hydrogens (tertiary/aromatic N) is 1. The highest BCUT2D eigenvalue weighted by Gasteiger charge is 2.27. The SMILES string of the molecule is CC1CNCCC1C(=O)Nc1ccc(=O)[nH]n1. The number of H-pyrrole nitrogens is 1. The fourth-order valence-electron chi connectivity index (χ4n) is 2.04. The molecule has 1 aromatic rings. The smallest absolute Gasteiger partial charge is 0.264 e. The number of aromatic nitrogens is 2. The first-order valence-electron chi connectivity index (χ1n) is 5.74. The van der Waals surface area contributed by atoms with E-state index in [0.29, 0.717) is 11.7 Å². The second-order valence-corrected chi connectivity index (χ2v) is 4.37. The van der Waals surface area contributed by atoms with Gasteiger partial charge in [-0.05, 0) is 31.5 Å². The molecule has 1 amide bonds. The Morgan fingerprint density at radius 1 is 1.53 bits per heavy atom. The average molecular weight is 236 g/mol. The van der Waals surface area contributed by atoms with Gasteiger partial charge in [-0.1, -0.05) is 6.92 Å². The van der Waals surface area contributed by atoms with Crippen molar-refractivity contribution >= 4 is 11.7 Å². The molecule has 0 bridgehead atoms. The van der Waals surface area contributed by atoms with Crippen LogP contribution >= 0.6 is 0 Å². The number of amides is 1. The van der Waals surface area contributed by atoms with Gasteiger partial charge in [-0.3, -0.25) is 9.59 Å². The molecule has 2 atom stereocenters. The van der Waals surface area contributed by atoms with Crippen molar-refractivity contribution in [3.05, 3.63) is 22.5 Å². The van der Waals surface area contributed by atoms with E-state index in [9.17, 15) is 9.59 Å². The highest BCUT2D eigenvalue weighted by molar-refractivity contribution is 5.91. The monoisotopic (exact) mass is 236 g/mol. The molecule has 2 unspecified atom stereocenters. The van der Waals surface area contributed by atoms with Gasteiger partial charge in [0.05, 0.1) is 0 Å². The Kier molecular flexibility index (Phi) is 3.53. The maximum Gasteiger partial charge on any atom is 0.264 e. The largest absolute Gasteiger partial charge is 0.316 e. The summed E-state index contributed by atoms with van der Waals surface area (Å²) < 4.78 is 0. The maximum atomic E-state index is 12.0. The Morgan fingerprint density at radius 3 is 3.00 bits per heavy atom. The molecule has 2 heterocycles. The molecule has 1 aliphatic rings. The van der Waals surface area contributed by atoms with E-state index in [1.807, 2.05) is 0 Å². The molecule has 6 nitrogen and oxygen atoms in total. The molecule has 1 aliphatic heterocycles. The van der Waals surface area contributed by atoms with Crippen molar-refractivity contribution in [3.63, 3.8) is 0 Å². The molecule has 0 aliphatic carbocycles. The van der Waals surface area contributed by atoms with Crippen LogP contribution in [0.1, 0.15) is 13.3 Å². The van der Waals surface area contributed by atoms with E-state index >= 15 is 0 Å². The predicted molar refractivity (Wildman–Crippen MR) is 63.6 cm³/mol. The van der Waals surface area contributed by atoms with Gasteiger partial charge >= 0.3 is 0 Å². The molecule has 0 spiro atoms. The molecule has 2 rings (SSSR count). The predicted octanol–water partition coefficient (Wildman–Crippen LogP) is -0.0460. The van der Waals surface area contributed by atoms with Gasteiger partial charge in [0.15, 0.2) is 5.82 Å². The first-order valence-corrected chi connectivity index (χ1v) is 5.74. The van der Waals surface area contributed by atoms with Gasteiger partial charge in [0.25, 0.3) is 5.56 Å². The quantitative estimate of drug-likeness (QED) is 0.672. The van der Waals surface area contributed by atoms with Crippen LogP contribution in [0.4, 0.5) is 5.82 Å². The highest BCUT2D eigenvalue weighted by Crippen LogP contribution is 2.19. The van der Waals surface area contributed by atoms with E-state index in [2.05, 4.69) is 27.8 Å². The van der Waals surface area contributed by atoms with Gasteiger partial charge in [0.2, 0.25) is 5.91 Å². The summed E-state index contributed by atoms with van der Waals surface area (Å²) in [5.41, 5.74) is -0.279. The van der Waals surface area contributed by atoms with Crippen molar-refractivity contribution in [1.29, 1.82) is 0 Å². The number of rotatable bonds is 2. The lowest BCUT2D eigenvalue weighted by molar-refractivity contribution is -0.122. The Morgan fingerprint density at radius 2 is 2.35 bits per heavy atom. The van der Waals surface area contributed by atoms with Crippen molar-refractivity contribution in [2.24, 2.45) is 11.8 Å². The topological polar surface area (TPSA) is 86.9 Å². The van der Waals surface area contributed by atoms with E-state index in [4.69, 9.17) is 0 Å². The van der Waals surface area contributed by atoms with E-state index in [1.165, 1.54) is 12.1 Å². The van der Waals surface area contributed by atoms with Crippen molar-refractivity contribution in [1.82, 2.24) is 15.5 Å². The summed E-state index contributed by atoms with van der Waals surface area (Å²) in [7, 11) is 0.